The predicted molar refractivity (Wildman–Crippen MR) is 115 cm³/mol. The van der Waals surface area contributed by atoms with Crippen LogP contribution < -0.4 is 16.0 Å². The predicted octanol–water partition coefficient (Wildman–Crippen LogP) is 1.95. The Bertz CT molecular complexity index is 1130. The van der Waals surface area contributed by atoms with Gasteiger partial charge < -0.3 is 21.1 Å². The highest BCUT2D eigenvalue weighted by Gasteiger charge is 2.37. The molecule has 3 aromatic rings. The number of hydrogen-bond donors (Lipinski definition) is 3. The fourth-order valence-corrected chi connectivity index (χ4v) is 4.14. The molecular formula is C23H21N5O2. The van der Waals surface area contributed by atoms with E-state index >= 15 is 0 Å². The van der Waals surface area contributed by atoms with Gasteiger partial charge in [0.05, 0.1) is 17.0 Å². The van der Waals surface area contributed by atoms with Crippen LogP contribution in [0.2, 0.25) is 0 Å². The minimum Gasteiger partial charge on any atom is -0.399 e. The smallest absolute Gasteiger partial charge is 0.254 e. The van der Waals surface area contributed by atoms with Crippen LogP contribution >= 0.6 is 0 Å². The average molecular weight is 399 g/mol. The van der Waals surface area contributed by atoms with Gasteiger partial charge in [-0.1, -0.05) is 30.3 Å². The van der Waals surface area contributed by atoms with Crippen LogP contribution in [0, 0.1) is 0 Å². The van der Waals surface area contributed by atoms with Crippen molar-refractivity contribution in [2.24, 2.45) is 4.99 Å². The summed E-state index contributed by atoms with van der Waals surface area (Å²) >= 11 is 0. The van der Waals surface area contributed by atoms with Crippen LogP contribution in [0.15, 0.2) is 72.0 Å². The third-order valence-corrected chi connectivity index (χ3v) is 5.50. The molecule has 0 unspecified atom stereocenters. The number of carbonyl (C=O) groups excluding carboxylic acids is 1. The van der Waals surface area contributed by atoms with Gasteiger partial charge in [0.1, 0.15) is 0 Å². The second-order valence-electron chi connectivity index (χ2n) is 7.44. The van der Waals surface area contributed by atoms with E-state index in [2.05, 4.69) is 10.3 Å². The molecule has 5 rings (SSSR count). The lowest BCUT2D eigenvalue weighted by atomic mass is 9.97. The third-order valence-electron chi connectivity index (χ3n) is 5.50. The number of anilines is 2. The molecule has 0 bridgehead atoms. The first-order chi connectivity index (χ1) is 14.6. The number of aliphatic imine (C=N–C) groups is 1. The number of aliphatic hydroxyl groups excluding tert-OH is 1. The van der Waals surface area contributed by atoms with Crippen molar-refractivity contribution < 1.29 is 9.90 Å². The van der Waals surface area contributed by atoms with Crippen molar-refractivity contribution in [1.29, 1.82) is 0 Å². The number of amides is 1. The van der Waals surface area contributed by atoms with Crippen LogP contribution in [0.3, 0.4) is 0 Å². The largest absolute Gasteiger partial charge is 0.399 e. The first-order valence-electron chi connectivity index (χ1n) is 9.83. The average Bonchev–Trinajstić information content (AvgIpc) is 3.16. The van der Waals surface area contributed by atoms with Gasteiger partial charge in [0.15, 0.2) is 12.4 Å². The molecule has 0 aliphatic carbocycles. The van der Waals surface area contributed by atoms with Crippen molar-refractivity contribution >= 4 is 23.0 Å². The Morgan fingerprint density at radius 1 is 1.17 bits per heavy atom. The topological polar surface area (TPSA) is 104 Å². The van der Waals surface area contributed by atoms with Crippen molar-refractivity contribution in [2.75, 3.05) is 17.2 Å². The van der Waals surface area contributed by atoms with Gasteiger partial charge in [-0.2, -0.15) is 0 Å². The zero-order valence-corrected chi connectivity index (χ0v) is 16.2. The number of nitrogens with one attached hydrogen (secondary N) is 1. The molecule has 4 N–H and O–H groups in total. The molecule has 0 saturated heterocycles. The number of pyridine rings is 1. The molecule has 0 radical (unpaired) electrons. The summed E-state index contributed by atoms with van der Waals surface area (Å²) in [6.45, 7) is 0.629. The van der Waals surface area contributed by atoms with Crippen molar-refractivity contribution in [3.8, 4) is 0 Å². The summed E-state index contributed by atoms with van der Waals surface area (Å²) in [5.41, 5.74) is 11.7. The van der Waals surface area contributed by atoms with E-state index in [1.807, 2.05) is 47.4 Å². The number of rotatable bonds is 3. The number of carbonyl (C=O) groups is 1. The van der Waals surface area contributed by atoms with E-state index in [-0.39, 0.29) is 5.91 Å². The Kier molecular flexibility index (Phi) is 4.44. The van der Waals surface area contributed by atoms with Gasteiger partial charge in [-0.3, -0.25) is 14.8 Å². The van der Waals surface area contributed by atoms with Crippen LogP contribution in [0.5, 0.6) is 0 Å². The lowest BCUT2D eigenvalue weighted by Crippen LogP contribution is -2.50. The van der Waals surface area contributed by atoms with E-state index in [9.17, 15) is 9.90 Å². The molecule has 3 heterocycles. The van der Waals surface area contributed by atoms with Crippen LogP contribution in [0.4, 0.5) is 11.4 Å². The molecule has 1 amide bonds. The molecule has 2 aliphatic rings. The highest BCUT2D eigenvalue weighted by Crippen LogP contribution is 2.39. The fourth-order valence-electron chi connectivity index (χ4n) is 4.14. The maximum absolute atomic E-state index is 12.8. The maximum Gasteiger partial charge on any atom is 0.254 e. The SMILES string of the molecule is Nc1cc2c3c(c1)C(c1ccccc1)=N[C@@H](NC(=O)c1cccnc1)[C@@H](O)N3CC2. The van der Waals surface area contributed by atoms with Crippen LogP contribution in [0.25, 0.3) is 0 Å². The van der Waals surface area contributed by atoms with Gasteiger partial charge in [0.2, 0.25) is 0 Å². The molecule has 2 atom stereocenters. The molecule has 0 spiro atoms. The number of nitrogens with zero attached hydrogens (tertiary/aromatic N) is 3. The number of nitrogen functional groups attached to an aromatic ring is 1. The molecule has 150 valence electrons. The van der Waals surface area contributed by atoms with Crippen molar-refractivity contribution in [2.45, 2.75) is 18.8 Å². The van der Waals surface area contributed by atoms with Gasteiger partial charge in [0.25, 0.3) is 5.91 Å². The maximum atomic E-state index is 12.8. The minimum absolute atomic E-state index is 0.340. The molecule has 2 aromatic carbocycles. The summed E-state index contributed by atoms with van der Waals surface area (Å²) < 4.78 is 0. The number of aliphatic hydroxyl groups is 1. The zero-order chi connectivity index (χ0) is 20.7. The van der Waals surface area contributed by atoms with E-state index in [0.29, 0.717) is 23.5 Å². The molecule has 2 aliphatic heterocycles. The van der Waals surface area contributed by atoms with Gasteiger partial charge in [-0.15, -0.1) is 0 Å². The Hall–Kier alpha value is -3.71. The van der Waals surface area contributed by atoms with E-state index in [1.54, 1.807) is 18.3 Å². The van der Waals surface area contributed by atoms with E-state index in [0.717, 1.165) is 28.8 Å². The van der Waals surface area contributed by atoms with Gasteiger partial charge in [-0.25, -0.2) is 0 Å². The van der Waals surface area contributed by atoms with Crippen LogP contribution in [0.1, 0.15) is 27.0 Å². The first-order valence-corrected chi connectivity index (χ1v) is 9.83. The Morgan fingerprint density at radius 2 is 2.00 bits per heavy atom. The second kappa shape index (κ2) is 7.27. The zero-order valence-electron chi connectivity index (χ0n) is 16.2. The van der Waals surface area contributed by atoms with Gasteiger partial charge >= 0.3 is 0 Å². The number of hydrogen-bond acceptors (Lipinski definition) is 6. The highest BCUT2D eigenvalue weighted by molar-refractivity contribution is 6.17. The Balaban J connectivity index is 1.63. The minimum atomic E-state index is -1.00. The molecule has 7 nitrogen and oxygen atoms in total. The second-order valence-corrected chi connectivity index (χ2v) is 7.44. The Labute approximate surface area is 173 Å². The standard InChI is InChI=1S/C23H21N5O2/c24-17-11-15-8-10-28-20(15)18(12-17)19(14-5-2-1-3-6-14)26-21(23(28)30)27-22(29)16-7-4-9-25-13-16/h1-7,9,11-13,21,23,30H,8,10,24H2,(H,27,29)/t21-,23+/m0/s1. The van der Waals surface area contributed by atoms with Gasteiger partial charge in [0, 0.05) is 35.8 Å². The van der Waals surface area contributed by atoms with Crippen LogP contribution in [-0.2, 0) is 6.42 Å². The summed E-state index contributed by atoms with van der Waals surface area (Å²) in [5, 5.41) is 14.0. The monoisotopic (exact) mass is 399 g/mol. The quantitative estimate of drug-likeness (QED) is 0.584. The lowest BCUT2D eigenvalue weighted by Gasteiger charge is -2.29. The number of nitrogens with two attached hydrogens (primary N) is 1. The van der Waals surface area contributed by atoms with E-state index in [1.165, 1.54) is 6.20 Å². The summed E-state index contributed by atoms with van der Waals surface area (Å²) in [4.78, 5) is 23.5. The molecular weight excluding hydrogens is 378 g/mol. The summed E-state index contributed by atoms with van der Waals surface area (Å²) in [6.07, 6.45) is 2.01. The fraction of sp³-hybridized carbons (Fsp3) is 0.174. The van der Waals surface area contributed by atoms with Gasteiger partial charge in [-0.05, 0) is 36.2 Å². The van der Waals surface area contributed by atoms with Crippen LogP contribution in [-0.4, -0.2) is 40.6 Å². The number of benzene rings is 2. The Morgan fingerprint density at radius 3 is 2.77 bits per heavy atom. The molecule has 0 fully saturated rings. The summed E-state index contributed by atoms with van der Waals surface area (Å²) in [6, 6.07) is 17.0. The molecule has 30 heavy (non-hydrogen) atoms. The van der Waals surface area contributed by atoms with E-state index in [4.69, 9.17) is 10.7 Å². The highest BCUT2D eigenvalue weighted by atomic mass is 16.3. The molecule has 7 heteroatoms. The summed E-state index contributed by atoms with van der Waals surface area (Å²) in [7, 11) is 0. The summed E-state index contributed by atoms with van der Waals surface area (Å²) in [5.74, 6) is -0.340. The van der Waals surface area contributed by atoms with Crippen molar-refractivity contribution in [3.63, 3.8) is 0 Å². The third kappa shape index (κ3) is 3.09. The van der Waals surface area contributed by atoms with Crippen molar-refractivity contribution in [3.05, 3.63) is 89.2 Å². The first kappa shape index (κ1) is 18.3. The molecule has 0 saturated carbocycles. The lowest BCUT2D eigenvalue weighted by molar-refractivity contribution is 0.0839. The normalized spacial score (nSPS) is 19.6. The van der Waals surface area contributed by atoms with Crippen molar-refractivity contribution in [1.82, 2.24) is 10.3 Å². The van der Waals surface area contributed by atoms with E-state index < -0.39 is 12.4 Å². The molecule has 1 aromatic heterocycles. The number of aromatic nitrogens is 1.